The molecule has 1 N–H and O–H groups in total. The molecule has 1 heterocycles. The predicted octanol–water partition coefficient (Wildman–Crippen LogP) is 3.49. The smallest absolute Gasteiger partial charge is 0.227 e. The van der Waals surface area contributed by atoms with Gasteiger partial charge in [-0.15, -0.1) is 12.4 Å². The van der Waals surface area contributed by atoms with Gasteiger partial charge < -0.3 is 19.7 Å². The molecule has 1 unspecified atom stereocenters. The molecule has 0 saturated carbocycles. The third-order valence-electron chi connectivity index (χ3n) is 4.63. The zero-order valence-electron chi connectivity index (χ0n) is 15.4. The van der Waals surface area contributed by atoms with Crippen molar-refractivity contribution in [2.45, 2.75) is 12.5 Å². The van der Waals surface area contributed by atoms with Crippen LogP contribution in [-0.2, 0) is 11.2 Å². The second-order valence-corrected chi connectivity index (χ2v) is 6.60. The number of benzene rings is 2. The molecule has 0 aromatic heterocycles. The van der Waals surface area contributed by atoms with Crippen LogP contribution in [0, 0.1) is 0 Å². The van der Waals surface area contributed by atoms with Gasteiger partial charge in [0.05, 0.1) is 26.7 Å². The average molecular weight is 411 g/mol. The van der Waals surface area contributed by atoms with Gasteiger partial charge in [0.25, 0.3) is 0 Å². The molecule has 1 amide bonds. The maximum atomic E-state index is 13.0. The van der Waals surface area contributed by atoms with Gasteiger partial charge in [-0.05, 0) is 29.3 Å². The van der Waals surface area contributed by atoms with Crippen molar-refractivity contribution < 1.29 is 14.3 Å². The van der Waals surface area contributed by atoms with Gasteiger partial charge in [-0.3, -0.25) is 4.79 Å². The summed E-state index contributed by atoms with van der Waals surface area (Å²) in [7, 11) is 3.19. The van der Waals surface area contributed by atoms with E-state index in [0.29, 0.717) is 36.0 Å². The maximum absolute atomic E-state index is 13.0. The third-order valence-corrected chi connectivity index (χ3v) is 4.98. The fraction of sp³-hybridized carbons (Fsp3) is 0.350. The number of carbonyl (C=O) groups is 1. The maximum Gasteiger partial charge on any atom is 0.227 e. The Labute approximate surface area is 171 Å². The molecule has 5 nitrogen and oxygen atoms in total. The molecule has 1 aliphatic heterocycles. The van der Waals surface area contributed by atoms with Crippen LogP contribution in [0.3, 0.4) is 0 Å². The molecule has 0 spiro atoms. The van der Waals surface area contributed by atoms with E-state index in [1.807, 2.05) is 47.4 Å². The zero-order chi connectivity index (χ0) is 18.5. The molecule has 0 radical (unpaired) electrons. The minimum absolute atomic E-state index is 0. The summed E-state index contributed by atoms with van der Waals surface area (Å²) in [5.41, 5.74) is 1.87. The highest BCUT2D eigenvalue weighted by atomic mass is 35.5. The monoisotopic (exact) mass is 410 g/mol. The Morgan fingerprint density at radius 1 is 1.19 bits per heavy atom. The van der Waals surface area contributed by atoms with Gasteiger partial charge in [-0.25, -0.2) is 0 Å². The van der Waals surface area contributed by atoms with Crippen molar-refractivity contribution in [3.63, 3.8) is 0 Å². The molecule has 27 heavy (non-hydrogen) atoms. The normalized spacial score (nSPS) is 16.4. The van der Waals surface area contributed by atoms with Gasteiger partial charge in [0.15, 0.2) is 11.5 Å². The first-order valence-electron chi connectivity index (χ1n) is 8.59. The van der Waals surface area contributed by atoms with E-state index in [-0.39, 0.29) is 24.4 Å². The molecule has 2 aromatic rings. The molecule has 1 saturated heterocycles. The molecule has 0 aliphatic carbocycles. The number of halogens is 2. The van der Waals surface area contributed by atoms with Crippen LogP contribution in [0.25, 0.3) is 0 Å². The lowest BCUT2D eigenvalue weighted by Crippen LogP contribution is -2.49. The fourth-order valence-electron chi connectivity index (χ4n) is 3.29. The zero-order valence-corrected chi connectivity index (χ0v) is 17.0. The summed E-state index contributed by atoms with van der Waals surface area (Å²) in [5.74, 6) is 1.35. The van der Waals surface area contributed by atoms with E-state index in [1.54, 1.807) is 14.2 Å². The lowest BCUT2D eigenvalue weighted by atomic mass is 10.0. The standard InChI is InChI=1S/C20H23ClN2O3.ClH/c1-25-18-8-7-14(11-19(18)26-2)12-20(24)23-10-9-22-13-17(23)15-5-3-4-6-16(15)21;/h3-8,11,17,22H,9-10,12-13H2,1-2H3;1H. The Balaban J connectivity index is 0.00000261. The van der Waals surface area contributed by atoms with Gasteiger partial charge in [0.2, 0.25) is 5.91 Å². The van der Waals surface area contributed by atoms with Gasteiger partial charge >= 0.3 is 0 Å². The van der Waals surface area contributed by atoms with Gasteiger partial charge in [-0.2, -0.15) is 0 Å². The van der Waals surface area contributed by atoms with Crippen LogP contribution >= 0.6 is 24.0 Å². The van der Waals surface area contributed by atoms with E-state index < -0.39 is 0 Å². The topological polar surface area (TPSA) is 50.8 Å². The minimum Gasteiger partial charge on any atom is -0.493 e. The Morgan fingerprint density at radius 2 is 1.93 bits per heavy atom. The van der Waals surface area contributed by atoms with Crippen molar-refractivity contribution in [1.29, 1.82) is 0 Å². The summed E-state index contributed by atoms with van der Waals surface area (Å²) in [4.78, 5) is 14.9. The molecule has 146 valence electrons. The number of piperazine rings is 1. The first kappa shape index (κ1) is 21.4. The molecule has 1 fully saturated rings. The first-order chi connectivity index (χ1) is 12.6. The van der Waals surface area contributed by atoms with Crippen LogP contribution in [0.1, 0.15) is 17.2 Å². The van der Waals surface area contributed by atoms with Crippen molar-refractivity contribution in [3.8, 4) is 11.5 Å². The molecule has 3 rings (SSSR count). The lowest BCUT2D eigenvalue weighted by molar-refractivity contribution is -0.133. The van der Waals surface area contributed by atoms with Crippen molar-refractivity contribution in [2.75, 3.05) is 33.9 Å². The number of nitrogens with one attached hydrogen (secondary N) is 1. The van der Waals surface area contributed by atoms with Crippen molar-refractivity contribution in [2.24, 2.45) is 0 Å². The number of hydrogen-bond acceptors (Lipinski definition) is 4. The van der Waals surface area contributed by atoms with E-state index in [0.717, 1.165) is 17.7 Å². The van der Waals surface area contributed by atoms with Gasteiger partial charge in [0, 0.05) is 24.7 Å². The number of nitrogens with zero attached hydrogens (tertiary/aromatic N) is 1. The number of carbonyl (C=O) groups excluding carboxylic acids is 1. The summed E-state index contributed by atoms with van der Waals surface area (Å²) < 4.78 is 10.6. The van der Waals surface area contributed by atoms with Crippen LogP contribution in [-0.4, -0.2) is 44.7 Å². The molecule has 1 atom stereocenters. The number of methoxy groups -OCH3 is 2. The van der Waals surface area contributed by atoms with E-state index in [4.69, 9.17) is 21.1 Å². The largest absolute Gasteiger partial charge is 0.493 e. The van der Waals surface area contributed by atoms with Crippen LogP contribution in [0.5, 0.6) is 11.5 Å². The Morgan fingerprint density at radius 3 is 2.63 bits per heavy atom. The van der Waals surface area contributed by atoms with Crippen molar-refractivity contribution in [3.05, 3.63) is 58.6 Å². The minimum atomic E-state index is -0.0647. The lowest BCUT2D eigenvalue weighted by Gasteiger charge is -2.37. The highest BCUT2D eigenvalue weighted by Crippen LogP contribution is 2.30. The average Bonchev–Trinajstić information content (AvgIpc) is 2.68. The molecule has 1 aliphatic rings. The molecular weight excluding hydrogens is 387 g/mol. The summed E-state index contributed by atoms with van der Waals surface area (Å²) in [5, 5.41) is 4.04. The second kappa shape index (κ2) is 9.83. The number of ether oxygens (including phenoxy) is 2. The van der Waals surface area contributed by atoms with E-state index >= 15 is 0 Å². The van der Waals surface area contributed by atoms with Crippen molar-refractivity contribution in [1.82, 2.24) is 10.2 Å². The first-order valence-corrected chi connectivity index (χ1v) is 8.97. The van der Waals surface area contributed by atoms with Crippen LogP contribution < -0.4 is 14.8 Å². The van der Waals surface area contributed by atoms with Crippen LogP contribution in [0.15, 0.2) is 42.5 Å². The van der Waals surface area contributed by atoms with Crippen molar-refractivity contribution >= 4 is 29.9 Å². The van der Waals surface area contributed by atoms with Gasteiger partial charge in [0.1, 0.15) is 0 Å². The Hall–Kier alpha value is -1.95. The summed E-state index contributed by atoms with van der Waals surface area (Å²) in [6.45, 7) is 2.13. The highest BCUT2D eigenvalue weighted by Gasteiger charge is 2.29. The summed E-state index contributed by atoms with van der Waals surface area (Å²) in [6.07, 6.45) is 0.307. The Bertz CT molecular complexity index is 786. The van der Waals surface area contributed by atoms with E-state index in [2.05, 4.69) is 5.32 Å². The van der Waals surface area contributed by atoms with E-state index in [1.165, 1.54) is 0 Å². The molecule has 7 heteroatoms. The molecular formula is C20H24Cl2N2O3. The number of hydrogen-bond donors (Lipinski definition) is 1. The SMILES string of the molecule is COc1ccc(CC(=O)N2CCNCC2c2ccccc2Cl)cc1OC.Cl. The predicted molar refractivity (Wildman–Crippen MR) is 109 cm³/mol. The highest BCUT2D eigenvalue weighted by molar-refractivity contribution is 6.31. The third kappa shape index (κ3) is 4.86. The number of amides is 1. The fourth-order valence-corrected chi connectivity index (χ4v) is 3.55. The summed E-state index contributed by atoms with van der Waals surface area (Å²) in [6, 6.07) is 13.2. The van der Waals surface area contributed by atoms with Gasteiger partial charge in [-0.1, -0.05) is 35.9 Å². The number of rotatable bonds is 5. The quantitative estimate of drug-likeness (QED) is 0.819. The molecule has 2 aromatic carbocycles. The van der Waals surface area contributed by atoms with E-state index in [9.17, 15) is 4.79 Å². The summed E-state index contributed by atoms with van der Waals surface area (Å²) >= 11 is 6.36. The Kier molecular flexibility index (Phi) is 7.78. The van der Waals surface area contributed by atoms with Crippen LogP contribution in [0.4, 0.5) is 0 Å². The molecule has 0 bridgehead atoms. The van der Waals surface area contributed by atoms with Crippen LogP contribution in [0.2, 0.25) is 5.02 Å². The second-order valence-electron chi connectivity index (χ2n) is 6.19.